The van der Waals surface area contributed by atoms with E-state index in [4.69, 9.17) is 10.2 Å². The predicted octanol–water partition coefficient (Wildman–Crippen LogP) is 4.75. The van der Waals surface area contributed by atoms with Gasteiger partial charge in [0.15, 0.2) is 0 Å². The van der Waals surface area contributed by atoms with Crippen molar-refractivity contribution in [3.8, 4) is 0 Å². The number of aromatic nitrogens is 1. The van der Waals surface area contributed by atoms with Gasteiger partial charge in [-0.25, -0.2) is 9.59 Å². The number of fused-ring (bicyclic) bond motifs is 1. The Morgan fingerprint density at radius 2 is 1.74 bits per heavy atom. The van der Waals surface area contributed by atoms with Gasteiger partial charge in [-0.05, 0) is 49.4 Å². The Balaban J connectivity index is 0.000000293. The number of carboxylic acids is 2. The minimum absolute atomic E-state index is 0.558. The van der Waals surface area contributed by atoms with Crippen LogP contribution in [0.25, 0.3) is 16.5 Å². The fraction of sp³-hybridized carbons (Fsp3) is 0.167. The van der Waals surface area contributed by atoms with Crippen molar-refractivity contribution in [3.05, 3.63) is 78.5 Å². The molecule has 160 valence electrons. The molecule has 0 saturated carbocycles. The molecule has 0 radical (unpaired) electrons. The number of aliphatic carboxylic acids is 2. The van der Waals surface area contributed by atoms with Crippen molar-refractivity contribution in [2.45, 2.75) is 16.2 Å². The molecule has 0 atom stereocenters. The van der Waals surface area contributed by atoms with Crippen molar-refractivity contribution in [1.29, 1.82) is 0 Å². The fourth-order valence-electron chi connectivity index (χ4n) is 3.21. The van der Waals surface area contributed by atoms with Crippen LogP contribution < -0.4 is 0 Å². The number of hydrogen-bond donors (Lipinski definition) is 3. The number of nitrogens with one attached hydrogen (secondary N) is 1. The Morgan fingerprint density at radius 1 is 1.03 bits per heavy atom. The van der Waals surface area contributed by atoms with E-state index in [0.29, 0.717) is 12.2 Å². The van der Waals surface area contributed by atoms with Crippen LogP contribution in [-0.4, -0.2) is 52.2 Å². The second-order valence-corrected chi connectivity index (χ2v) is 8.22. The van der Waals surface area contributed by atoms with Crippen molar-refractivity contribution in [2.24, 2.45) is 0 Å². The van der Waals surface area contributed by atoms with Gasteiger partial charge in [0, 0.05) is 57.7 Å². The summed E-state index contributed by atoms with van der Waals surface area (Å²) in [6.45, 7) is 2.18. The van der Waals surface area contributed by atoms with E-state index in [0.717, 1.165) is 19.5 Å². The molecule has 0 amide bonds. The molecule has 0 fully saturated rings. The summed E-state index contributed by atoms with van der Waals surface area (Å²) in [7, 11) is 2.18. The van der Waals surface area contributed by atoms with E-state index in [1.165, 1.54) is 31.8 Å². The summed E-state index contributed by atoms with van der Waals surface area (Å²) in [6.07, 6.45) is 6.77. The van der Waals surface area contributed by atoms with Crippen LogP contribution in [0.3, 0.4) is 0 Å². The first-order valence-corrected chi connectivity index (χ1v) is 10.6. The standard InChI is InChI=1S/C20H20N2S.C4H4O4/c1-22-11-9-15(10-12-22)19-14-21-20-8-7-17(13-18(19)20)23-16-5-3-2-4-6-16;5-3(6)1-2-4(7)8/h2-9,13-14,21H,10-12H2,1H3;1-2H,(H,5,6)(H,7,8). The number of benzene rings is 2. The average molecular weight is 437 g/mol. The second kappa shape index (κ2) is 10.7. The van der Waals surface area contributed by atoms with Gasteiger partial charge in [0.2, 0.25) is 0 Å². The topological polar surface area (TPSA) is 93.6 Å². The number of likely N-dealkylation sites (N-methyl/N-ethyl adjacent to an activating group) is 1. The molecule has 0 unspecified atom stereocenters. The smallest absolute Gasteiger partial charge is 0.328 e. The molecule has 0 bridgehead atoms. The third kappa shape index (κ3) is 6.60. The molecule has 0 saturated heterocycles. The summed E-state index contributed by atoms with van der Waals surface area (Å²) in [5, 5.41) is 17.0. The highest BCUT2D eigenvalue weighted by molar-refractivity contribution is 7.99. The third-order valence-electron chi connectivity index (χ3n) is 4.76. The summed E-state index contributed by atoms with van der Waals surface area (Å²) < 4.78 is 0. The Labute approximate surface area is 184 Å². The van der Waals surface area contributed by atoms with Crippen molar-refractivity contribution >= 4 is 40.2 Å². The zero-order chi connectivity index (χ0) is 22.2. The summed E-state index contributed by atoms with van der Waals surface area (Å²) in [6, 6.07) is 17.3. The second-order valence-electron chi connectivity index (χ2n) is 7.08. The van der Waals surface area contributed by atoms with Crippen LogP contribution in [0, 0.1) is 0 Å². The summed E-state index contributed by atoms with van der Waals surface area (Å²) in [5.41, 5.74) is 4.05. The Hall–Kier alpha value is -3.29. The molecule has 1 aliphatic heterocycles. The molecule has 1 aliphatic rings. The summed E-state index contributed by atoms with van der Waals surface area (Å²) in [5.74, 6) is -2.51. The van der Waals surface area contributed by atoms with Crippen molar-refractivity contribution in [2.75, 3.05) is 20.1 Å². The van der Waals surface area contributed by atoms with E-state index < -0.39 is 11.9 Å². The number of hydrogen-bond acceptors (Lipinski definition) is 4. The zero-order valence-corrected chi connectivity index (χ0v) is 17.9. The van der Waals surface area contributed by atoms with Gasteiger partial charge in [0.05, 0.1) is 0 Å². The van der Waals surface area contributed by atoms with Gasteiger partial charge >= 0.3 is 11.9 Å². The van der Waals surface area contributed by atoms with Gasteiger partial charge in [-0.15, -0.1) is 0 Å². The van der Waals surface area contributed by atoms with Crippen LogP contribution in [0.15, 0.2) is 82.7 Å². The molecule has 1 aromatic heterocycles. The van der Waals surface area contributed by atoms with E-state index in [9.17, 15) is 9.59 Å². The highest BCUT2D eigenvalue weighted by atomic mass is 32.2. The molecule has 7 heteroatoms. The first-order chi connectivity index (χ1) is 14.9. The normalized spacial score (nSPS) is 14.2. The number of carbonyl (C=O) groups is 2. The Bertz CT molecular complexity index is 1100. The molecule has 2 heterocycles. The maximum absolute atomic E-state index is 9.55. The molecule has 3 aromatic rings. The van der Waals surface area contributed by atoms with Crippen LogP contribution >= 0.6 is 11.8 Å². The van der Waals surface area contributed by atoms with Crippen LogP contribution in [0.1, 0.15) is 12.0 Å². The molecule has 4 rings (SSSR count). The minimum Gasteiger partial charge on any atom is -0.478 e. The van der Waals surface area contributed by atoms with Crippen LogP contribution in [0.5, 0.6) is 0 Å². The van der Waals surface area contributed by atoms with Gasteiger partial charge in [0.1, 0.15) is 0 Å². The molecule has 2 aromatic carbocycles. The minimum atomic E-state index is -1.26. The quantitative estimate of drug-likeness (QED) is 0.500. The number of nitrogens with zero attached hydrogens (tertiary/aromatic N) is 1. The molecule has 0 spiro atoms. The number of H-pyrrole nitrogens is 1. The predicted molar refractivity (Wildman–Crippen MR) is 123 cm³/mol. The van der Waals surface area contributed by atoms with Crippen LogP contribution in [0.4, 0.5) is 0 Å². The maximum Gasteiger partial charge on any atom is 0.328 e. The van der Waals surface area contributed by atoms with Crippen molar-refractivity contribution in [1.82, 2.24) is 9.88 Å². The fourth-order valence-corrected chi connectivity index (χ4v) is 4.09. The lowest BCUT2D eigenvalue weighted by atomic mass is 9.99. The van der Waals surface area contributed by atoms with E-state index in [1.807, 2.05) is 11.8 Å². The van der Waals surface area contributed by atoms with E-state index in [2.05, 4.69) is 77.7 Å². The molecular formula is C24H24N2O4S. The lowest BCUT2D eigenvalue weighted by Crippen LogP contribution is -2.23. The first kappa shape index (κ1) is 22.4. The Kier molecular flexibility index (Phi) is 7.70. The summed E-state index contributed by atoms with van der Waals surface area (Å²) >= 11 is 1.82. The number of carboxylic acid groups (broad SMARTS) is 2. The SMILES string of the molecule is CN1CC=C(c2c[nH]c3ccc(Sc4ccccc4)cc23)CC1.O=C(O)C=CC(=O)O. The monoisotopic (exact) mass is 436 g/mol. The van der Waals surface area contributed by atoms with Gasteiger partial charge < -0.3 is 20.1 Å². The largest absolute Gasteiger partial charge is 0.478 e. The van der Waals surface area contributed by atoms with Crippen LogP contribution in [0.2, 0.25) is 0 Å². The average Bonchev–Trinajstić information content (AvgIpc) is 3.17. The molecule has 31 heavy (non-hydrogen) atoms. The maximum atomic E-state index is 9.55. The highest BCUT2D eigenvalue weighted by Crippen LogP contribution is 2.34. The summed E-state index contributed by atoms with van der Waals surface area (Å²) in [4.78, 5) is 27.5. The van der Waals surface area contributed by atoms with Crippen molar-refractivity contribution < 1.29 is 19.8 Å². The van der Waals surface area contributed by atoms with Gasteiger partial charge in [0.25, 0.3) is 0 Å². The lowest BCUT2D eigenvalue weighted by molar-refractivity contribution is -0.134. The molecular weight excluding hydrogens is 412 g/mol. The first-order valence-electron chi connectivity index (χ1n) is 9.78. The van der Waals surface area contributed by atoms with Gasteiger partial charge in [-0.2, -0.15) is 0 Å². The molecule has 0 aliphatic carbocycles. The van der Waals surface area contributed by atoms with Gasteiger partial charge in [-0.3, -0.25) is 0 Å². The van der Waals surface area contributed by atoms with Gasteiger partial charge in [-0.1, -0.05) is 36.0 Å². The lowest BCUT2D eigenvalue weighted by Gasteiger charge is -2.21. The molecule has 3 N–H and O–H groups in total. The van der Waals surface area contributed by atoms with E-state index in [1.54, 1.807) is 0 Å². The Morgan fingerprint density at radius 3 is 2.35 bits per heavy atom. The number of rotatable bonds is 5. The van der Waals surface area contributed by atoms with Crippen molar-refractivity contribution in [3.63, 3.8) is 0 Å². The van der Waals surface area contributed by atoms with E-state index >= 15 is 0 Å². The van der Waals surface area contributed by atoms with Crippen LogP contribution in [-0.2, 0) is 9.59 Å². The molecule has 6 nitrogen and oxygen atoms in total. The highest BCUT2D eigenvalue weighted by Gasteiger charge is 2.13. The zero-order valence-electron chi connectivity index (χ0n) is 17.1. The number of aromatic amines is 1. The third-order valence-corrected chi connectivity index (χ3v) is 5.76. The van der Waals surface area contributed by atoms with E-state index in [-0.39, 0.29) is 0 Å².